The van der Waals surface area contributed by atoms with E-state index in [1.165, 1.54) is 18.2 Å². The van der Waals surface area contributed by atoms with Crippen LogP contribution < -0.4 is 10.2 Å². The van der Waals surface area contributed by atoms with Gasteiger partial charge in [0.25, 0.3) is 11.8 Å². The zero-order valence-corrected chi connectivity index (χ0v) is 15.8. The largest absolute Gasteiger partial charge is 0.322 e. The molecule has 0 bridgehead atoms. The Bertz CT molecular complexity index is 1020. The molecular weight excluding hydrogens is 355 g/mol. The van der Waals surface area contributed by atoms with Crippen LogP contribution in [0, 0.1) is 12.7 Å². The molecule has 28 heavy (non-hydrogen) atoms. The molecule has 0 heterocycles. The third-order valence-electron chi connectivity index (χ3n) is 4.33. The second-order valence-electron chi connectivity index (χ2n) is 6.43. The Morgan fingerprint density at radius 2 is 1.64 bits per heavy atom. The van der Waals surface area contributed by atoms with Gasteiger partial charge < -0.3 is 10.2 Å². The van der Waals surface area contributed by atoms with Gasteiger partial charge in [-0.25, -0.2) is 4.39 Å². The fourth-order valence-corrected chi connectivity index (χ4v) is 2.96. The number of hydrogen-bond donors (Lipinski definition) is 1. The lowest BCUT2D eigenvalue weighted by Gasteiger charge is -2.22. The van der Waals surface area contributed by atoms with Gasteiger partial charge in [-0.1, -0.05) is 24.3 Å². The van der Waals surface area contributed by atoms with Crippen molar-refractivity contribution in [3.8, 4) is 0 Å². The molecule has 0 aliphatic rings. The van der Waals surface area contributed by atoms with Gasteiger partial charge in [0.1, 0.15) is 5.82 Å². The van der Waals surface area contributed by atoms with E-state index in [2.05, 4.69) is 5.32 Å². The maximum absolute atomic E-state index is 13.3. The molecule has 0 aliphatic carbocycles. The fraction of sp³-hybridized carbons (Fsp3) is 0.130. The third-order valence-corrected chi connectivity index (χ3v) is 4.33. The Balaban J connectivity index is 1.83. The van der Waals surface area contributed by atoms with Crippen LogP contribution in [0.2, 0.25) is 0 Å². The van der Waals surface area contributed by atoms with Crippen LogP contribution in [0.15, 0.2) is 72.8 Å². The van der Waals surface area contributed by atoms with Crippen molar-refractivity contribution in [3.05, 3.63) is 95.3 Å². The smallest absolute Gasteiger partial charge is 0.258 e. The van der Waals surface area contributed by atoms with E-state index in [-0.39, 0.29) is 5.91 Å². The van der Waals surface area contributed by atoms with Gasteiger partial charge in [0.15, 0.2) is 0 Å². The molecule has 0 radical (unpaired) electrons. The quantitative estimate of drug-likeness (QED) is 0.677. The van der Waals surface area contributed by atoms with Crippen molar-refractivity contribution < 1.29 is 14.0 Å². The van der Waals surface area contributed by atoms with E-state index in [1.807, 2.05) is 38.1 Å². The lowest BCUT2D eigenvalue weighted by Crippen LogP contribution is -2.30. The van der Waals surface area contributed by atoms with E-state index >= 15 is 0 Å². The summed E-state index contributed by atoms with van der Waals surface area (Å²) < 4.78 is 13.3. The van der Waals surface area contributed by atoms with Gasteiger partial charge in [-0.05, 0) is 67.9 Å². The highest BCUT2D eigenvalue weighted by atomic mass is 19.1. The molecular formula is C23H21FN2O2. The monoisotopic (exact) mass is 376 g/mol. The maximum Gasteiger partial charge on any atom is 0.258 e. The average molecular weight is 376 g/mol. The molecule has 4 nitrogen and oxygen atoms in total. The van der Waals surface area contributed by atoms with Crippen LogP contribution in [0.5, 0.6) is 0 Å². The van der Waals surface area contributed by atoms with Crippen molar-refractivity contribution in [1.82, 2.24) is 0 Å². The maximum atomic E-state index is 13.3. The number of rotatable bonds is 5. The van der Waals surface area contributed by atoms with E-state index in [9.17, 15) is 14.0 Å². The van der Waals surface area contributed by atoms with Crippen LogP contribution >= 0.6 is 0 Å². The average Bonchev–Trinajstić information content (AvgIpc) is 2.68. The van der Waals surface area contributed by atoms with Crippen molar-refractivity contribution in [3.63, 3.8) is 0 Å². The number of carbonyl (C=O) groups is 2. The Kier molecular flexibility index (Phi) is 5.84. The number of anilines is 2. The van der Waals surface area contributed by atoms with Crippen LogP contribution in [0.3, 0.4) is 0 Å². The molecule has 0 spiro atoms. The van der Waals surface area contributed by atoms with E-state index in [1.54, 1.807) is 35.2 Å². The number of halogens is 1. The third kappa shape index (κ3) is 4.43. The van der Waals surface area contributed by atoms with Gasteiger partial charge >= 0.3 is 0 Å². The highest BCUT2D eigenvalue weighted by molar-refractivity contribution is 6.09. The SMILES string of the molecule is CCN(C(=O)c1cccc(C(=O)Nc2cccc(F)c2)c1)c1cccc(C)c1. The Morgan fingerprint density at radius 3 is 2.36 bits per heavy atom. The molecule has 0 fully saturated rings. The second-order valence-corrected chi connectivity index (χ2v) is 6.43. The van der Waals surface area contributed by atoms with Crippen molar-refractivity contribution >= 4 is 23.2 Å². The lowest BCUT2D eigenvalue weighted by molar-refractivity contribution is 0.0988. The summed E-state index contributed by atoms with van der Waals surface area (Å²) in [5.74, 6) is -1.02. The summed E-state index contributed by atoms with van der Waals surface area (Å²) in [6, 6.07) is 19.9. The van der Waals surface area contributed by atoms with Crippen LogP contribution in [-0.2, 0) is 0 Å². The van der Waals surface area contributed by atoms with Crippen molar-refractivity contribution in [1.29, 1.82) is 0 Å². The minimum Gasteiger partial charge on any atom is -0.322 e. The Labute approximate surface area is 163 Å². The first-order valence-electron chi connectivity index (χ1n) is 9.03. The van der Waals surface area contributed by atoms with Gasteiger partial charge in [0.05, 0.1) is 0 Å². The van der Waals surface area contributed by atoms with Crippen molar-refractivity contribution in [2.24, 2.45) is 0 Å². The van der Waals surface area contributed by atoms with Gasteiger partial charge in [-0.3, -0.25) is 9.59 Å². The molecule has 0 unspecified atom stereocenters. The fourth-order valence-electron chi connectivity index (χ4n) is 2.96. The van der Waals surface area contributed by atoms with Crippen molar-refractivity contribution in [2.45, 2.75) is 13.8 Å². The van der Waals surface area contributed by atoms with Crippen LogP contribution in [0.1, 0.15) is 33.2 Å². The molecule has 3 aromatic carbocycles. The number of carbonyl (C=O) groups excluding carboxylic acids is 2. The predicted octanol–water partition coefficient (Wildman–Crippen LogP) is 5.05. The van der Waals surface area contributed by atoms with Gasteiger partial charge in [-0.15, -0.1) is 0 Å². The molecule has 1 N–H and O–H groups in total. The molecule has 0 aliphatic heterocycles. The Morgan fingerprint density at radius 1 is 0.929 bits per heavy atom. The molecule has 0 saturated carbocycles. The number of aryl methyl sites for hydroxylation is 1. The summed E-state index contributed by atoms with van der Waals surface area (Å²) >= 11 is 0. The standard InChI is InChI=1S/C23H21FN2O2/c1-3-26(21-12-4-7-16(2)13-21)23(28)18-9-5-8-17(14-18)22(27)25-20-11-6-10-19(24)15-20/h4-15H,3H2,1-2H3,(H,25,27). The zero-order valence-electron chi connectivity index (χ0n) is 15.8. The molecule has 0 atom stereocenters. The first-order chi connectivity index (χ1) is 13.5. The summed E-state index contributed by atoms with van der Waals surface area (Å²) in [6.07, 6.45) is 0. The highest BCUT2D eigenvalue weighted by Gasteiger charge is 2.18. The van der Waals surface area contributed by atoms with Crippen LogP contribution in [0.4, 0.5) is 15.8 Å². The number of benzene rings is 3. The van der Waals surface area contributed by atoms with Crippen LogP contribution in [-0.4, -0.2) is 18.4 Å². The normalized spacial score (nSPS) is 10.4. The van der Waals surface area contributed by atoms with E-state index in [0.717, 1.165) is 11.3 Å². The number of nitrogens with one attached hydrogen (secondary N) is 1. The topological polar surface area (TPSA) is 49.4 Å². The second kappa shape index (κ2) is 8.48. The highest BCUT2D eigenvalue weighted by Crippen LogP contribution is 2.19. The summed E-state index contributed by atoms with van der Waals surface area (Å²) in [5, 5.41) is 2.64. The van der Waals surface area contributed by atoms with E-state index in [4.69, 9.17) is 0 Å². The predicted molar refractivity (Wildman–Crippen MR) is 109 cm³/mol. The van der Waals surface area contributed by atoms with Gasteiger partial charge in [-0.2, -0.15) is 0 Å². The number of hydrogen-bond acceptors (Lipinski definition) is 2. The molecule has 0 aromatic heterocycles. The minimum atomic E-state index is -0.432. The summed E-state index contributed by atoms with van der Waals surface area (Å²) in [7, 11) is 0. The molecule has 2 amide bonds. The molecule has 5 heteroatoms. The molecule has 3 aromatic rings. The first kappa shape index (κ1) is 19.3. The summed E-state index contributed by atoms with van der Waals surface area (Å²) in [5.41, 5.74) is 2.97. The van der Waals surface area contributed by atoms with Crippen molar-refractivity contribution in [2.75, 3.05) is 16.8 Å². The Hall–Kier alpha value is -3.47. The number of nitrogens with zero attached hydrogens (tertiary/aromatic N) is 1. The van der Waals surface area contributed by atoms with Crippen LogP contribution in [0.25, 0.3) is 0 Å². The minimum absolute atomic E-state index is 0.187. The molecule has 142 valence electrons. The van der Waals surface area contributed by atoms with E-state index < -0.39 is 11.7 Å². The number of amides is 2. The van der Waals surface area contributed by atoms with Gasteiger partial charge in [0, 0.05) is 29.0 Å². The summed E-state index contributed by atoms with van der Waals surface area (Å²) in [4.78, 5) is 27.2. The summed E-state index contributed by atoms with van der Waals surface area (Å²) in [6.45, 7) is 4.38. The lowest BCUT2D eigenvalue weighted by atomic mass is 10.1. The molecule has 0 saturated heterocycles. The molecule has 3 rings (SSSR count). The first-order valence-corrected chi connectivity index (χ1v) is 9.03. The van der Waals surface area contributed by atoms with Gasteiger partial charge in [0.2, 0.25) is 0 Å². The zero-order chi connectivity index (χ0) is 20.1. The van der Waals surface area contributed by atoms with E-state index in [0.29, 0.717) is 23.4 Å².